The van der Waals surface area contributed by atoms with Crippen LogP contribution in [0.3, 0.4) is 0 Å². The molecular weight excluding hydrogens is 356 g/mol. The second kappa shape index (κ2) is 9.39. The molecule has 2 aromatic rings. The summed E-state index contributed by atoms with van der Waals surface area (Å²) in [4.78, 5) is 11.8. The van der Waals surface area contributed by atoms with E-state index in [0.717, 1.165) is 6.42 Å². The Morgan fingerprint density at radius 3 is 2.52 bits per heavy atom. The van der Waals surface area contributed by atoms with Crippen molar-refractivity contribution in [3.05, 3.63) is 64.7 Å². The second-order valence-electron chi connectivity index (χ2n) is 5.39. The number of benzene rings is 2. The largest absolute Gasteiger partial charge is 0.462 e. The number of halogens is 1. The van der Waals surface area contributed by atoms with Gasteiger partial charge < -0.3 is 15.4 Å². The van der Waals surface area contributed by atoms with Crippen LogP contribution in [-0.2, 0) is 4.74 Å². The van der Waals surface area contributed by atoms with Crippen LogP contribution in [0.25, 0.3) is 0 Å². The van der Waals surface area contributed by atoms with Gasteiger partial charge >= 0.3 is 5.97 Å². The van der Waals surface area contributed by atoms with E-state index in [1.165, 1.54) is 5.56 Å². The van der Waals surface area contributed by atoms with Gasteiger partial charge in [-0.05, 0) is 49.3 Å². The van der Waals surface area contributed by atoms with Crippen LogP contribution < -0.4 is 10.6 Å². The highest BCUT2D eigenvalue weighted by molar-refractivity contribution is 7.80. The molecule has 2 rings (SSSR count). The Balaban J connectivity index is 2.02. The molecule has 0 aliphatic heterocycles. The van der Waals surface area contributed by atoms with Gasteiger partial charge in [0.15, 0.2) is 5.11 Å². The van der Waals surface area contributed by atoms with Gasteiger partial charge in [-0.15, -0.1) is 0 Å². The Hall–Kier alpha value is -2.11. The summed E-state index contributed by atoms with van der Waals surface area (Å²) in [5, 5.41) is 7.21. The number of rotatable bonds is 6. The van der Waals surface area contributed by atoms with Gasteiger partial charge in [-0.3, -0.25) is 0 Å². The van der Waals surface area contributed by atoms with Crippen LogP contribution in [0.4, 0.5) is 5.69 Å². The number of ether oxygens (including phenoxy) is 1. The van der Waals surface area contributed by atoms with Crippen molar-refractivity contribution in [2.45, 2.75) is 26.3 Å². The fraction of sp³-hybridized carbons (Fsp3) is 0.263. The zero-order valence-electron chi connectivity index (χ0n) is 14.2. The fourth-order valence-electron chi connectivity index (χ4n) is 2.40. The van der Waals surface area contributed by atoms with Crippen molar-refractivity contribution in [1.82, 2.24) is 5.32 Å². The molecule has 0 amide bonds. The number of thiocarbonyl (C=S) groups is 1. The van der Waals surface area contributed by atoms with Gasteiger partial charge in [0.25, 0.3) is 0 Å². The molecule has 1 atom stereocenters. The van der Waals surface area contributed by atoms with Crippen LogP contribution in [0, 0.1) is 0 Å². The Kier molecular flexibility index (Phi) is 7.22. The van der Waals surface area contributed by atoms with Crippen molar-refractivity contribution >= 4 is 40.6 Å². The standard InChI is InChI=1S/C19H21ClN2O2S/c1-3-17(13-8-6-5-7-9-13)22-19(25)21-14-10-11-15(16(20)12-14)18(23)24-4-2/h5-12,17H,3-4H2,1-2H3,(H2,21,22,25). The second-order valence-corrected chi connectivity index (χ2v) is 6.20. The number of carbonyl (C=O) groups excluding carboxylic acids is 1. The molecule has 4 nitrogen and oxygen atoms in total. The van der Waals surface area contributed by atoms with E-state index in [2.05, 4.69) is 29.7 Å². The highest BCUT2D eigenvalue weighted by Crippen LogP contribution is 2.22. The van der Waals surface area contributed by atoms with Crippen molar-refractivity contribution in [1.29, 1.82) is 0 Å². The Morgan fingerprint density at radius 1 is 1.20 bits per heavy atom. The first-order chi connectivity index (χ1) is 12.0. The molecule has 0 radical (unpaired) electrons. The van der Waals surface area contributed by atoms with E-state index in [4.69, 9.17) is 28.6 Å². The third-order valence-electron chi connectivity index (χ3n) is 3.64. The van der Waals surface area contributed by atoms with Crippen molar-refractivity contribution in [2.24, 2.45) is 0 Å². The van der Waals surface area contributed by atoms with E-state index < -0.39 is 5.97 Å². The predicted molar refractivity (Wildman–Crippen MR) is 106 cm³/mol. The molecule has 132 valence electrons. The molecule has 0 spiro atoms. The van der Waals surface area contributed by atoms with E-state index in [9.17, 15) is 4.79 Å². The molecule has 6 heteroatoms. The lowest BCUT2D eigenvalue weighted by molar-refractivity contribution is 0.0526. The number of carbonyl (C=O) groups is 1. The van der Waals surface area contributed by atoms with Crippen molar-refractivity contribution in [2.75, 3.05) is 11.9 Å². The number of nitrogens with one attached hydrogen (secondary N) is 2. The van der Waals surface area contributed by atoms with Gasteiger partial charge in [-0.2, -0.15) is 0 Å². The Labute approximate surface area is 158 Å². The fourth-order valence-corrected chi connectivity index (χ4v) is 2.92. The van der Waals surface area contributed by atoms with Crippen molar-refractivity contribution < 1.29 is 9.53 Å². The van der Waals surface area contributed by atoms with Crippen LogP contribution in [0.5, 0.6) is 0 Å². The Morgan fingerprint density at radius 2 is 1.92 bits per heavy atom. The molecule has 0 heterocycles. The molecule has 0 aliphatic carbocycles. The summed E-state index contributed by atoms with van der Waals surface area (Å²) in [7, 11) is 0. The molecule has 0 aromatic heterocycles. The number of esters is 1. The highest BCUT2D eigenvalue weighted by atomic mass is 35.5. The van der Waals surface area contributed by atoms with Gasteiger partial charge in [-0.25, -0.2) is 4.79 Å². The average molecular weight is 377 g/mol. The van der Waals surface area contributed by atoms with Crippen molar-refractivity contribution in [3.8, 4) is 0 Å². The minimum atomic E-state index is -0.435. The molecular formula is C19H21ClN2O2S. The molecule has 2 N–H and O–H groups in total. The third kappa shape index (κ3) is 5.44. The molecule has 0 saturated carbocycles. The third-order valence-corrected chi connectivity index (χ3v) is 4.17. The molecule has 1 unspecified atom stereocenters. The minimum Gasteiger partial charge on any atom is -0.462 e. The van der Waals surface area contributed by atoms with Crippen LogP contribution in [-0.4, -0.2) is 17.7 Å². The maximum atomic E-state index is 11.8. The first-order valence-electron chi connectivity index (χ1n) is 8.14. The SMILES string of the molecule is CCOC(=O)c1ccc(NC(=S)NC(CC)c2ccccc2)cc1Cl. The minimum absolute atomic E-state index is 0.121. The van der Waals surface area contributed by atoms with Crippen LogP contribution in [0.1, 0.15) is 42.2 Å². The summed E-state index contributed by atoms with van der Waals surface area (Å²) < 4.78 is 4.96. The van der Waals surface area contributed by atoms with Crippen LogP contribution in [0.2, 0.25) is 5.02 Å². The van der Waals surface area contributed by atoms with E-state index in [0.29, 0.717) is 28.0 Å². The summed E-state index contributed by atoms with van der Waals surface area (Å²) >= 11 is 11.6. The first-order valence-corrected chi connectivity index (χ1v) is 8.92. The first kappa shape index (κ1) is 19.2. The number of anilines is 1. The normalized spacial score (nSPS) is 11.5. The predicted octanol–water partition coefficient (Wildman–Crippen LogP) is 4.95. The molecule has 0 bridgehead atoms. The topological polar surface area (TPSA) is 50.4 Å². The summed E-state index contributed by atoms with van der Waals surface area (Å²) in [6.07, 6.45) is 0.897. The molecule has 25 heavy (non-hydrogen) atoms. The average Bonchev–Trinajstić information content (AvgIpc) is 2.60. The maximum absolute atomic E-state index is 11.8. The van der Waals surface area contributed by atoms with Crippen molar-refractivity contribution in [3.63, 3.8) is 0 Å². The smallest absolute Gasteiger partial charge is 0.339 e. The summed E-state index contributed by atoms with van der Waals surface area (Å²) in [5.41, 5.74) is 2.21. The Bertz CT molecular complexity index is 737. The monoisotopic (exact) mass is 376 g/mol. The van der Waals surface area contributed by atoms with E-state index >= 15 is 0 Å². The van der Waals surface area contributed by atoms with Gasteiger partial charge in [0.05, 0.1) is 23.2 Å². The van der Waals surface area contributed by atoms with Gasteiger partial charge in [-0.1, -0.05) is 48.9 Å². The van der Waals surface area contributed by atoms with Crippen LogP contribution in [0.15, 0.2) is 48.5 Å². The van der Waals surface area contributed by atoms with E-state index in [1.807, 2.05) is 18.2 Å². The van der Waals surface area contributed by atoms with E-state index in [-0.39, 0.29) is 6.04 Å². The highest BCUT2D eigenvalue weighted by Gasteiger charge is 2.13. The van der Waals surface area contributed by atoms with Gasteiger partial charge in [0, 0.05) is 5.69 Å². The molecule has 2 aromatic carbocycles. The van der Waals surface area contributed by atoms with Crippen LogP contribution >= 0.6 is 23.8 Å². The summed E-state index contributed by atoms with van der Waals surface area (Å²) in [6, 6.07) is 15.3. The molecule has 0 aliphatic rings. The summed E-state index contributed by atoms with van der Waals surface area (Å²) in [6.45, 7) is 4.15. The lowest BCUT2D eigenvalue weighted by Gasteiger charge is -2.20. The zero-order chi connectivity index (χ0) is 18.2. The molecule has 0 saturated heterocycles. The van der Waals surface area contributed by atoms with E-state index in [1.54, 1.807) is 25.1 Å². The number of hydrogen-bond donors (Lipinski definition) is 2. The van der Waals surface area contributed by atoms with Gasteiger partial charge in [0.1, 0.15) is 0 Å². The lowest BCUT2D eigenvalue weighted by Crippen LogP contribution is -2.32. The zero-order valence-corrected chi connectivity index (χ0v) is 15.8. The number of hydrogen-bond acceptors (Lipinski definition) is 3. The van der Waals surface area contributed by atoms with Gasteiger partial charge in [0.2, 0.25) is 0 Å². The quantitative estimate of drug-likeness (QED) is 0.551. The maximum Gasteiger partial charge on any atom is 0.339 e. The lowest BCUT2D eigenvalue weighted by atomic mass is 10.1. The summed E-state index contributed by atoms with van der Waals surface area (Å²) in [5.74, 6) is -0.435. The molecule has 0 fully saturated rings.